The first-order valence-corrected chi connectivity index (χ1v) is 6.33. The Morgan fingerprint density at radius 2 is 2.33 bits per heavy atom. The lowest BCUT2D eigenvalue weighted by molar-refractivity contribution is -0.147. The van der Waals surface area contributed by atoms with Crippen molar-refractivity contribution in [3.63, 3.8) is 0 Å². The van der Waals surface area contributed by atoms with Gasteiger partial charge in [-0.15, -0.1) is 0 Å². The van der Waals surface area contributed by atoms with E-state index in [4.69, 9.17) is 16.3 Å². The third-order valence-electron chi connectivity index (χ3n) is 3.16. The highest BCUT2D eigenvalue weighted by atomic mass is 35.5. The lowest BCUT2D eigenvalue weighted by Crippen LogP contribution is -2.24. The predicted octanol–water partition coefficient (Wildman–Crippen LogP) is 2.35. The van der Waals surface area contributed by atoms with Crippen molar-refractivity contribution in [1.29, 1.82) is 0 Å². The Hall–Kier alpha value is -1.13. The molecule has 1 N–H and O–H groups in total. The van der Waals surface area contributed by atoms with Gasteiger partial charge in [-0.25, -0.2) is 4.39 Å². The van der Waals surface area contributed by atoms with E-state index in [1.165, 1.54) is 18.2 Å². The van der Waals surface area contributed by atoms with Crippen LogP contribution in [0, 0.1) is 11.7 Å². The number of esters is 1. The summed E-state index contributed by atoms with van der Waals surface area (Å²) in [5, 5.41) is 3.61. The molecule has 0 amide bonds. The van der Waals surface area contributed by atoms with Crippen molar-refractivity contribution in [2.24, 2.45) is 5.92 Å². The van der Waals surface area contributed by atoms with Crippen molar-refractivity contribution in [2.45, 2.75) is 12.8 Å². The number of carbonyl (C=O) groups excluding carboxylic acids is 1. The number of hydrogen-bond acceptors (Lipinski definition) is 3. The van der Waals surface area contributed by atoms with Crippen LogP contribution in [0.25, 0.3) is 0 Å². The molecule has 0 aliphatic carbocycles. The molecule has 0 saturated carbocycles. The molecular weight excluding hydrogens is 257 g/mol. The van der Waals surface area contributed by atoms with Crippen LogP contribution in [-0.4, -0.2) is 25.7 Å². The molecule has 1 aliphatic rings. The van der Waals surface area contributed by atoms with E-state index in [0.717, 1.165) is 0 Å². The van der Waals surface area contributed by atoms with Gasteiger partial charge in [0.2, 0.25) is 0 Å². The number of halogens is 2. The van der Waals surface area contributed by atoms with Gasteiger partial charge in [0.05, 0.1) is 12.5 Å². The molecular formula is C13H15ClFNO2. The Kier molecular flexibility index (Phi) is 4.19. The largest absolute Gasteiger partial charge is 0.466 e. The summed E-state index contributed by atoms with van der Waals surface area (Å²) in [6.45, 7) is 3.26. The van der Waals surface area contributed by atoms with Crippen LogP contribution in [0.2, 0.25) is 5.02 Å². The van der Waals surface area contributed by atoms with E-state index >= 15 is 0 Å². The number of nitrogens with one attached hydrogen (secondary N) is 1. The molecule has 1 aromatic rings. The summed E-state index contributed by atoms with van der Waals surface area (Å²) >= 11 is 6.08. The van der Waals surface area contributed by atoms with Gasteiger partial charge in [0.25, 0.3) is 0 Å². The van der Waals surface area contributed by atoms with E-state index in [1.807, 2.05) is 0 Å². The Bertz CT molecular complexity index is 453. The summed E-state index contributed by atoms with van der Waals surface area (Å²) in [5.74, 6) is -1.03. The maximum absolute atomic E-state index is 13.3. The third kappa shape index (κ3) is 2.65. The van der Waals surface area contributed by atoms with Crippen LogP contribution >= 0.6 is 11.6 Å². The predicted molar refractivity (Wildman–Crippen MR) is 67.1 cm³/mol. The van der Waals surface area contributed by atoms with Gasteiger partial charge < -0.3 is 10.1 Å². The summed E-state index contributed by atoms with van der Waals surface area (Å²) in [5.41, 5.74) is 0.666. The molecule has 0 aromatic heterocycles. The van der Waals surface area contributed by atoms with Crippen molar-refractivity contribution in [2.75, 3.05) is 19.7 Å². The second-order valence-corrected chi connectivity index (χ2v) is 4.70. The number of rotatable bonds is 3. The monoisotopic (exact) mass is 271 g/mol. The highest BCUT2D eigenvalue weighted by Gasteiger charge is 2.36. The first-order chi connectivity index (χ1) is 8.63. The first kappa shape index (κ1) is 13.3. The quantitative estimate of drug-likeness (QED) is 0.858. The van der Waals surface area contributed by atoms with E-state index in [0.29, 0.717) is 30.3 Å². The van der Waals surface area contributed by atoms with E-state index in [1.54, 1.807) is 6.92 Å². The number of benzene rings is 1. The zero-order chi connectivity index (χ0) is 13.1. The molecule has 1 aromatic carbocycles. The van der Waals surface area contributed by atoms with Gasteiger partial charge in [-0.2, -0.15) is 0 Å². The molecule has 98 valence electrons. The van der Waals surface area contributed by atoms with Crippen LogP contribution in [0.4, 0.5) is 4.39 Å². The Labute approximate surface area is 110 Å². The minimum atomic E-state index is -0.344. The van der Waals surface area contributed by atoms with Crippen LogP contribution in [0.1, 0.15) is 18.4 Å². The molecule has 0 radical (unpaired) electrons. The SMILES string of the molecule is CCOC(=O)[C@@H]1CNC[C@@H]1c1cc(F)ccc1Cl. The van der Waals surface area contributed by atoms with E-state index in [2.05, 4.69) is 5.32 Å². The maximum Gasteiger partial charge on any atom is 0.310 e. The number of ether oxygens (including phenoxy) is 1. The molecule has 0 unspecified atom stereocenters. The number of hydrogen-bond donors (Lipinski definition) is 1. The molecule has 2 rings (SSSR count). The minimum absolute atomic E-state index is 0.132. The maximum atomic E-state index is 13.3. The van der Waals surface area contributed by atoms with Gasteiger partial charge in [-0.1, -0.05) is 11.6 Å². The van der Waals surface area contributed by atoms with Crippen molar-refractivity contribution in [3.05, 3.63) is 34.6 Å². The first-order valence-electron chi connectivity index (χ1n) is 5.95. The van der Waals surface area contributed by atoms with Gasteiger partial charge in [-0.05, 0) is 30.7 Å². The van der Waals surface area contributed by atoms with Crippen LogP contribution in [-0.2, 0) is 9.53 Å². The summed E-state index contributed by atoms with van der Waals surface area (Å²) in [6.07, 6.45) is 0. The molecule has 2 atom stereocenters. The summed E-state index contributed by atoms with van der Waals surface area (Å²) in [6, 6.07) is 4.23. The second kappa shape index (κ2) is 5.67. The zero-order valence-electron chi connectivity index (χ0n) is 10.1. The topological polar surface area (TPSA) is 38.3 Å². The molecule has 1 fully saturated rings. The molecule has 1 heterocycles. The molecule has 3 nitrogen and oxygen atoms in total. The van der Waals surface area contributed by atoms with Gasteiger partial charge in [0, 0.05) is 24.0 Å². The second-order valence-electron chi connectivity index (χ2n) is 4.29. The Morgan fingerprint density at radius 1 is 1.56 bits per heavy atom. The van der Waals surface area contributed by atoms with E-state index < -0.39 is 0 Å². The fourth-order valence-electron chi connectivity index (χ4n) is 2.30. The fraction of sp³-hybridized carbons (Fsp3) is 0.462. The van der Waals surface area contributed by atoms with Crippen LogP contribution in [0.15, 0.2) is 18.2 Å². The van der Waals surface area contributed by atoms with Crippen LogP contribution in [0.5, 0.6) is 0 Å². The Balaban J connectivity index is 2.25. The highest BCUT2D eigenvalue weighted by molar-refractivity contribution is 6.31. The van der Waals surface area contributed by atoms with E-state index in [9.17, 15) is 9.18 Å². The summed E-state index contributed by atoms with van der Waals surface area (Å²) in [7, 11) is 0. The molecule has 0 bridgehead atoms. The van der Waals surface area contributed by atoms with Crippen LogP contribution in [0.3, 0.4) is 0 Å². The van der Waals surface area contributed by atoms with Crippen LogP contribution < -0.4 is 5.32 Å². The van der Waals surface area contributed by atoms with Crippen molar-refractivity contribution in [3.8, 4) is 0 Å². The van der Waals surface area contributed by atoms with Crippen molar-refractivity contribution in [1.82, 2.24) is 5.32 Å². The van der Waals surface area contributed by atoms with E-state index in [-0.39, 0.29) is 23.6 Å². The Morgan fingerprint density at radius 3 is 3.06 bits per heavy atom. The molecule has 1 aliphatic heterocycles. The highest BCUT2D eigenvalue weighted by Crippen LogP contribution is 2.34. The number of carbonyl (C=O) groups is 1. The summed E-state index contributed by atoms with van der Waals surface area (Å²) in [4.78, 5) is 11.8. The molecule has 5 heteroatoms. The van der Waals surface area contributed by atoms with Crippen molar-refractivity contribution < 1.29 is 13.9 Å². The minimum Gasteiger partial charge on any atom is -0.466 e. The zero-order valence-corrected chi connectivity index (χ0v) is 10.8. The fourth-order valence-corrected chi connectivity index (χ4v) is 2.56. The standard InChI is InChI=1S/C13H15ClFNO2/c1-2-18-13(17)11-7-16-6-10(11)9-5-8(15)3-4-12(9)14/h3-5,10-11,16H,2,6-7H2,1H3/t10-,11-/m1/s1. The van der Waals surface area contributed by atoms with Gasteiger partial charge in [0.15, 0.2) is 0 Å². The normalized spacial score (nSPS) is 23.1. The summed E-state index contributed by atoms with van der Waals surface area (Å²) < 4.78 is 18.3. The lowest BCUT2D eigenvalue weighted by Gasteiger charge is -2.18. The molecule has 18 heavy (non-hydrogen) atoms. The van der Waals surface area contributed by atoms with Gasteiger partial charge in [-0.3, -0.25) is 4.79 Å². The smallest absolute Gasteiger partial charge is 0.310 e. The van der Waals surface area contributed by atoms with Gasteiger partial charge >= 0.3 is 5.97 Å². The van der Waals surface area contributed by atoms with Gasteiger partial charge in [0.1, 0.15) is 5.82 Å². The molecule has 0 spiro atoms. The lowest BCUT2D eigenvalue weighted by atomic mass is 9.89. The molecule has 1 saturated heterocycles. The van der Waals surface area contributed by atoms with Crippen molar-refractivity contribution >= 4 is 17.6 Å². The third-order valence-corrected chi connectivity index (χ3v) is 3.51. The average molecular weight is 272 g/mol. The average Bonchev–Trinajstić information content (AvgIpc) is 2.81.